The molecule has 4 amide bonds. The lowest BCUT2D eigenvalue weighted by atomic mass is 10.0. The van der Waals surface area contributed by atoms with Crippen LogP contribution in [0.5, 0.6) is 5.75 Å². The van der Waals surface area contributed by atoms with E-state index in [0.29, 0.717) is 5.56 Å². The van der Waals surface area contributed by atoms with Crippen LogP contribution in [-0.4, -0.2) is 65.7 Å². The van der Waals surface area contributed by atoms with E-state index in [1.54, 1.807) is 52.0 Å². The van der Waals surface area contributed by atoms with E-state index in [1.807, 2.05) is 18.2 Å². The van der Waals surface area contributed by atoms with E-state index in [1.165, 1.54) is 18.2 Å². The van der Waals surface area contributed by atoms with E-state index in [9.17, 15) is 29.1 Å². The maximum atomic E-state index is 13.3. The van der Waals surface area contributed by atoms with Gasteiger partial charge in [-0.3, -0.25) is 14.4 Å². The second-order valence-corrected chi connectivity index (χ2v) is 11.2. The second kappa shape index (κ2) is 16.1. The lowest BCUT2D eigenvalue weighted by Gasteiger charge is -2.27. The van der Waals surface area contributed by atoms with Crippen LogP contribution in [0.15, 0.2) is 66.7 Å². The first-order valence-electron chi connectivity index (χ1n) is 14.4. The van der Waals surface area contributed by atoms with Crippen LogP contribution in [0.1, 0.15) is 38.8 Å². The van der Waals surface area contributed by atoms with Gasteiger partial charge < -0.3 is 35.8 Å². The smallest absolute Gasteiger partial charge is 0.408 e. The van der Waals surface area contributed by atoms with Crippen molar-refractivity contribution in [1.82, 2.24) is 21.3 Å². The number of carbonyl (C=O) groups excluding carboxylic acids is 5. The molecule has 2 aromatic carbocycles. The van der Waals surface area contributed by atoms with Gasteiger partial charge in [0.15, 0.2) is 0 Å². The zero-order chi connectivity index (χ0) is 32.2. The number of hydrogen-bond donors (Lipinski definition) is 5. The molecule has 0 fully saturated rings. The van der Waals surface area contributed by atoms with Crippen molar-refractivity contribution in [2.45, 2.75) is 64.9 Å². The number of ether oxygens (including phenoxy) is 2. The number of carbonyl (C=O) groups is 5. The van der Waals surface area contributed by atoms with E-state index in [0.717, 1.165) is 11.6 Å². The van der Waals surface area contributed by atoms with Gasteiger partial charge in [0, 0.05) is 12.5 Å². The average molecular weight is 609 g/mol. The third-order valence-corrected chi connectivity index (χ3v) is 6.87. The molecule has 0 radical (unpaired) electrons. The predicted molar refractivity (Wildman–Crippen MR) is 161 cm³/mol. The van der Waals surface area contributed by atoms with Crippen molar-refractivity contribution < 1.29 is 38.6 Å². The van der Waals surface area contributed by atoms with Gasteiger partial charge in [0.2, 0.25) is 17.7 Å². The number of rotatable bonds is 9. The Morgan fingerprint density at radius 2 is 1.66 bits per heavy atom. The third-order valence-electron chi connectivity index (χ3n) is 6.87. The molecule has 0 aromatic heterocycles. The van der Waals surface area contributed by atoms with E-state index in [2.05, 4.69) is 21.3 Å². The highest BCUT2D eigenvalue weighted by Gasteiger charge is 2.31. The van der Waals surface area contributed by atoms with Crippen molar-refractivity contribution in [2.24, 2.45) is 11.8 Å². The van der Waals surface area contributed by atoms with Crippen molar-refractivity contribution in [3.05, 3.63) is 77.9 Å². The minimum Gasteiger partial charge on any atom is -0.508 e. The first-order valence-corrected chi connectivity index (χ1v) is 14.4. The average Bonchev–Trinajstić information content (AvgIpc) is 2.99. The molecule has 0 saturated carbocycles. The number of hydrogen-bond acceptors (Lipinski definition) is 8. The SMILES string of the molecule is CC(C)[C@@H]1NC(=O)/C=C\[C@@H](NC(=O)[C@@H](NC(=O)OCc2ccccc2)C(C)C)COC(=O)[C@H](Cc2ccc(O)cc2)NC1=O. The molecule has 0 saturated heterocycles. The third kappa shape index (κ3) is 10.4. The van der Waals surface area contributed by atoms with Crippen LogP contribution in [0.4, 0.5) is 4.79 Å². The van der Waals surface area contributed by atoms with E-state index in [4.69, 9.17) is 9.47 Å². The van der Waals surface area contributed by atoms with Gasteiger partial charge in [-0.15, -0.1) is 0 Å². The zero-order valence-electron chi connectivity index (χ0n) is 25.2. The first kappa shape index (κ1) is 33.6. The minimum absolute atomic E-state index is 0.0226. The lowest BCUT2D eigenvalue weighted by Crippen LogP contribution is -2.55. The summed E-state index contributed by atoms with van der Waals surface area (Å²) in [4.78, 5) is 64.8. The van der Waals surface area contributed by atoms with Gasteiger partial charge in [0.25, 0.3) is 0 Å². The number of esters is 1. The number of alkyl carbamates (subject to hydrolysis) is 1. The Labute approximate surface area is 256 Å². The van der Waals surface area contributed by atoms with Crippen molar-refractivity contribution in [1.29, 1.82) is 0 Å². The number of aromatic hydroxyl groups is 1. The van der Waals surface area contributed by atoms with Gasteiger partial charge in [-0.05, 0) is 35.1 Å². The molecule has 12 heteroatoms. The Kier molecular flexibility index (Phi) is 12.3. The normalized spacial score (nSPS) is 20.7. The second-order valence-electron chi connectivity index (χ2n) is 11.2. The quantitative estimate of drug-likeness (QED) is 0.269. The number of phenols is 1. The Morgan fingerprint density at radius 1 is 0.977 bits per heavy atom. The molecule has 1 aliphatic heterocycles. The van der Waals surface area contributed by atoms with Crippen molar-refractivity contribution >= 4 is 29.8 Å². The fraction of sp³-hybridized carbons (Fsp3) is 0.406. The molecule has 3 rings (SSSR count). The zero-order valence-corrected chi connectivity index (χ0v) is 25.2. The highest BCUT2D eigenvalue weighted by molar-refractivity contribution is 5.95. The van der Waals surface area contributed by atoms with Crippen LogP contribution >= 0.6 is 0 Å². The van der Waals surface area contributed by atoms with Crippen molar-refractivity contribution in [3.63, 3.8) is 0 Å². The van der Waals surface area contributed by atoms with E-state index >= 15 is 0 Å². The van der Waals surface area contributed by atoms with Crippen molar-refractivity contribution in [2.75, 3.05) is 6.61 Å². The number of cyclic esters (lactones) is 1. The Bertz CT molecular complexity index is 1330. The summed E-state index contributed by atoms with van der Waals surface area (Å²) in [7, 11) is 0. The predicted octanol–water partition coefficient (Wildman–Crippen LogP) is 2.11. The molecule has 1 heterocycles. The highest BCUT2D eigenvalue weighted by Crippen LogP contribution is 2.13. The molecule has 5 N–H and O–H groups in total. The maximum absolute atomic E-state index is 13.3. The first-order chi connectivity index (χ1) is 20.9. The number of benzene rings is 2. The minimum atomic E-state index is -1.12. The molecular formula is C32H40N4O8. The Balaban J connectivity index is 1.75. The molecular weight excluding hydrogens is 568 g/mol. The molecule has 1 aliphatic rings. The molecule has 236 valence electrons. The molecule has 12 nitrogen and oxygen atoms in total. The molecule has 0 spiro atoms. The van der Waals surface area contributed by atoms with Crippen LogP contribution in [0.3, 0.4) is 0 Å². The lowest BCUT2D eigenvalue weighted by molar-refractivity contribution is -0.149. The fourth-order valence-corrected chi connectivity index (χ4v) is 4.38. The molecule has 0 unspecified atom stereocenters. The summed E-state index contributed by atoms with van der Waals surface area (Å²) < 4.78 is 10.8. The van der Waals surface area contributed by atoms with Gasteiger partial charge in [-0.1, -0.05) is 76.2 Å². The summed E-state index contributed by atoms with van der Waals surface area (Å²) in [5.74, 6) is -3.07. The van der Waals surface area contributed by atoms with Gasteiger partial charge >= 0.3 is 12.1 Å². The number of nitrogens with one attached hydrogen (secondary N) is 4. The van der Waals surface area contributed by atoms with Gasteiger partial charge in [-0.2, -0.15) is 0 Å². The Morgan fingerprint density at radius 3 is 2.30 bits per heavy atom. The van der Waals surface area contributed by atoms with E-state index in [-0.39, 0.29) is 37.2 Å². The summed E-state index contributed by atoms with van der Waals surface area (Å²) in [6, 6.07) is 11.2. The molecule has 2 aromatic rings. The topological polar surface area (TPSA) is 172 Å². The summed E-state index contributed by atoms with van der Waals surface area (Å²) in [5, 5.41) is 20.2. The number of phenolic OH excluding ortho intramolecular Hbond substituents is 1. The highest BCUT2D eigenvalue weighted by atomic mass is 16.5. The van der Waals surface area contributed by atoms with Gasteiger partial charge in [-0.25, -0.2) is 9.59 Å². The monoisotopic (exact) mass is 608 g/mol. The molecule has 4 atom stereocenters. The Hall–Kier alpha value is -4.87. The number of amides is 4. The summed E-state index contributed by atoms with van der Waals surface area (Å²) in [5.41, 5.74) is 1.43. The van der Waals surface area contributed by atoms with Gasteiger partial charge in [0.1, 0.15) is 37.1 Å². The van der Waals surface area contributed by atoms with Crippen LogP contribution in [0.25, 0.3) is 0 Å². The molecule has 0 aliphatic carbocycles. The summed E-state index contributed by atoms with van der Waals surface area (Å²) in [6.45, 7) is 6.66. The molecule has 0 bridgehead atoms. The van der Waals surface area contributed by atoms with Crippen LogP contribution in [0, 0.1) is 11.8 Å². The fourth-order valence-electron chi connectivity index (χ4n) is 4.38. The van der Waals surface area contributed by atoms with Crippen LogP contribution in [0.2, 0.25) is 0 Å². The maximum Gasteiger partial charge on any atom is 0.408 e. The van der Waals surface area contributed by atoms with E-state index < -0.39 is 54.0 Å². The standard InChI is InChI=1S/C32H40N4O8/c1-19(2)27-30(40)34-25(16-21-10-13-24(37)14-11-21)31(41)43-18-23(12-15-26(38)35-27)33-29(39)28(20(3)4)36-32(42)44-17-22-8-6-5-7-9-22/h5-15,19-20,23,25,27-28,37H,16-18H2,1-4H3,(H,33,39)(H,34,40)(H,35,38)(H,36,42)/b15-12-/t23-,25+,27+,28+/m1/s1. The summed E-state index contributed by atoms with van der Waals surface area (Å²) >= 11 is 0. The van der Waals surface area contributed by atoms with Crippen LogP contribution in [-0.2, 0) is 41.7 Å². The molecule has 44 heavy (non-hydrogen) atoms. The van der Waals surface area contributed by atoms with Gasteiger partial charge in [0.05, 0.1) is 6.04 Å². The summed E-state index contributed by atoms with van der Waals surface area (Å²) in [6.07, 6.45) is 1.79. The largest absolute Gasteiger partial charge is 0.508 e. The van der Waals surface area contributed by atoms with Crippen molar-refractivity contribution in [3.8, 4) is 5.75 Å². The van der Waals surface area contributed by atoms with Crippen LogP contribution < -0.4 is 21.3 Å².